The number of carbonyl (C=O) groups is 1. The summed E-state index contributed by atoms with van der Waals surface area (Å²) in [4.78, 5) is 11.4. The van der Waals surface area contributed by atoms with E-state index in [0.717, 1.165) is 5.69 Å². The molecule has 0 radical (unpaired) electrons. The van der Waals surface area contributed by atoms with Crippen molar-refractivity contribution in [2.45, 2.75) is 0 Å². The van der Waals surface area contributed by atoms with Gasteiger partial charge in [0, 0.05) is 13.1 Å². The lowest BCUT2D eigenvalue weighted by molar-refractivity contribution is 0.0590. The molecule has 2 rings (SSSR count). The molecular formula is C10H11N3O3. The Bertz CT molecular complexity index is 527. The summed E-state index contributed by atoms with van der Waals surface area (Å²) < 4.78 is 11.1. The molecule has 2 aromatic heterocycles. The molecule has 2 N–H and O–H groups in total. The molecule has 0 atom stereocenters. The summed E-state index contributed by atoms with van der Waals surface area (Å²) in [6.07, 6.45) is 0. The van der Waals surface area contributed by atoms with Gasteiger partial charge in [-0.25, -0.2) is 4.79 Å². The third kappa shape index (κ3) is 1.54. The fourth-order valence-corrected chi connectivity index (χ4v) is 1.49. The molecule has 84 valence electrons. The number of hydrogen-bond donors (Lipinski definition) is 1. The lowest BCUT2D eigenvalue weighted by Gasteiger charge is -2.03. The van der Waals surface area contributed by atoms with Gasteiger partial charge in [-0.05, 0) is 12.1 Å². The first-order valence-electron chi connectivity index (χ1n) is 4.60. The van der Waals surface area contributed by atoms with Crippen LogP contribution in [0.4, 0.5) is 5.88 Å². The molecular weight excluding hydrogens is 210 g/mol. The van der Waals surface area contributed by atoms with Crippen molar-refractivity contribution in [1.82, 2.24) is 9.72 Å². The normalized spacial score (nSPS) is 10.4. The zero-order chi connectivity index (χ0) is 11.7. The van der Waals surface area contributed by atoms with E-state index in [1.807, 2.05) is 0 Å². The van der Waals surface area contributed by atoms with Gasteiger partial charge in [0.25, 0.3) is 0 Å². The van der Waals surface area contributed by atoms with Crippen LogP contribution in [-0.2, 0) is 11.8 Å². The molecule has 0 saturated heterocycles. The zero-order valence-corrected chi connectivity index (χ0v) is 8.93. The Labute approximate surface area is 91.6 Å². The van der Waals surface area contributed by atoms with Gasteiger partial charge >= 0.3 is 5.97 Å². The summed E-state index contributed by atoms with van der Waals surface area (Å²) in [5.41, 5.74) is 7.19. The predicted molar refractivity (Wildman–Crippen MR) is 56.7 cm³/mol. The topological polar surface area (TPSA) is 83.3 Å². The molecule has 0 spiro atoms. The highest BCUT2D eigenvalue weighted by molar-refractivity contribution is 5.89. The van der Waals surface area contributed by atoms with E-state index in [4.69, 9.17) is 10.3 Å². The van der Waals surface area contributed by atoms with E-state index in [-0.39, 0.29) is 5.88 Å². The summed E-state index contributed by atoms with van der Waals surface area (Å²) >= 11 is 0. The van der Waals surface area contributed by atoms with Crippen LogP contribution >= 0.6 is 0 Å². The summed E-state index contributed by atoms with van der Waals surface area (Å²) in [6.45, 7) is 0. The second-order valence-corrected chi connectivity index (χ2v) is 3.27. The standard InChI is InChI=1S/C10H11N3O3/c1-13-7(6-5-9(11)16-12-6)3-4-8(13)10(14)15-2/h3-5H,11H2,1-2H3. The van der Waals surface area contributed by atoms with Crippen molar-refractivity contribution in [3.05, 3.63) is 23.9 Å². The smallest absolute Gasteiger partial charge is 0.354 e. The number of methoxy groups -OCH3 is 1. The van der Waals surface area contributed by atoms with Crippen LogP contribution in [0.1, 0.15) is 10.5 Å². The van der Waals surface area contributed by atoms with Crippen LogP contribution in [-0.4, -0.2) is 22.8 Å². The average Bonchev–Trinajstić information content (AvgIpc) is 2.83. The van der Waals surface area contributed by atoms with Crippen LogP contribution in [0.25, 0.3) is 11.4 Å². The molecule has 2 aromatic rings. The Morgan fingerprint density at radius 1 is 1.56 bits per heavy atom. The summed E-state index contributed by atoms with van der Waals surface area (Å²) in [7, 11) is 3.08. The van der Waals surface area contributed by atoms with E-state index < -0.39 is 5.97 Å². The van der Waals surface area contributed by atoms with Crippen LogP contribution in [0.5, 0.6) is 0 Å². The van der Waals surface area contributed by atoms with Gasteiger partial charge in [0.2, 0.25) is 5.88 Å². The van der Waals surface area contributed by atoms with Gasteiger partial charge in [0.15, 0.2) is 0 Å². The zero-order valence-electron chi connectivity index (χ0n) is 8.93. The van der Waals surface area contributed by atoms with Crippen LogP contribution in [0.3, 0.4) is 0 Å². The number of carbonyl (C=O) groups excluding carboxylic acids is 1. The van der Waals surface area contributed by atoms with Gasteiger partial charge in [-0.3, -0.25) is 0 Å². The van der Waals surface area contributed by atoms with Crippen molar-refractivity contribution >= 4 is 11.9 Å². The second kappa shape index (κ2) is 3.73. The van der Waals surface area contributed by atoms with Crippen molar-refractivity contribution < 1.29 is 14.1 Å². The molecule has 6 heteroatoms. The fraction of sp³-hybridized carbons (Fsp3) is 0.200. The van der Waals surface area contributed by atoms with Crippen LogP contribution in [0, 0.1) is 0 Å². The van der Waals surface area contributed by atoms with Gasteiger partial charge in [-0.15, -0.1) is 0 Å². The molecule has 0 aliphatic rings. The molecule has 0 bridgehead atoms. The van der Waals surface area contributed by atoms with Crippen LogP contribution in [0.2, 0.25) is 0 Å². The average molecular weight is 221 g/mol. The van der Waals surface area contributed by atoms with E-state index in [9.17, 15) is 4.79 Å². The predicted octanol–water partition coefficient (Wildman–Crippen LogP) is 1.05. The Morgan fingerprint density at radius 3 is 2.88 bits per heavy atom. The molecule has 0 aliphatic heterocycles. The van der Waals surface area contributed by atoms with E-state index in [1.54, 1.807) is 29.8 Å². The number of esters is 1. The molecule has 0 aromatic carbocycles. The first-order valence-corrected chi connectivity index (χ1v) is 4.60. The number of hydrogen-bond acceptors (Lipinski definition) is 5. The minimum Gasteiger partial charge on any atom is -0.464 e. The van der Waals surface area contributed by atoms with Crippen molar-refractivity contribution in [3.8, 4) is 11.4 Å². The maximum absolute atomic E-state index is 11.4. The molecule has 0 fully saturated rings. The molecule has 0 amide bonds. The van der Waals surface area contributed by atoms with E-state index in [2.05, 4.69) is 9.89 Å². The second-order valence-electron chi connectivity index (χ2n) is 3.27. The SMILES string of the molecule is COC(=O)c1ccc(-c2cc(N)on2)n1C. The molecule has 0 aliphatic carbocycles. The largest absolute Gasteiger partial charge is 0.464 e. The lowest BCUT2D eigenvalue weighted by atomic mass is 10.3. The van der Waals surface area contributed by atoms with Crippen molar-refractivity contribution in [2.75, 3.05) is 12.8 Å². The summed E-state index contributed by atoms with van der Waals surface area (Å²) in [5, 5.41) is 3.77. The number of ether oxygens (including phenoxy) is 1. The summed E-state index contributed by atoms with van der Waals surface area (Å²) in [6, 6.07) is 5.01. The van der Waals surface area contributed by atoms with E-state index >= 15 is 0 Å². The van der Waals surface area contributed by atoms with Gasteiger partial charge in [0.1, 0.15) is 11.4 Å². The third-order valence-corrected chi connectivity index (χ3v) is 2.31. The Kier molecular flexibility index (Phi) is 2.40. The lowest BCUT2D eigenvalue weighted by Crippen LogP contribution is -2.08. The maximum atomic E-state index is 11.4. The molecule has 16 heavy (non-hydrogen) atoms. The first-order chi connectivity index (χ1) is 7.63. The minimum atomic E-state index is -0.398. The quantitative estimate of drug-likeness (QED) is 0.766. The Morgan fingerprint density at radius 2 is 2.31 bits per heavy atom. The molecule has 6 nitrogen and oxygen atoms in total. The van der Waals surface area contributed by atoms with Gasteiger partial charge in [0.05, 0.1) is 12.8 Å². The minimum absolute atomic E-state index is 0.232. The number of nitrogen functional groups attached to an aromatic ring is 1. The maximum Gasteiger partial charge on any atom is 0.354 e. The van der Waals surface area contributed by atoms with E-state index in [0.29, 0.717) is 11.4 Å². The third-order valence-electron chi connectivity index (χ3n) is 2.31. The Hall–Kier alpha value is -2.24. The number of nitrogens with two attached hydrogens (primary N) is 1. The highest BCUT2D eigenvalue weighted by Gasteiger charge is 2.15. The Balaban J connectivity index is 2.44. The molecule has 2 heterocycles. The highest BCUT2D eigenvalue weighted by Crippen LogP contribution is 2.22. The number of nitrogens with zero attached hydrogens (tertiary/aromatic N) is 2. The number of aromatic nitrogens is 2. The number of rotatable bonds is 2. The van der Waals surface area contributed by atoms with Crippen LogP contribution in [0.15, 0.2) is 22.7 Å². The van der Waals surface area contributed by atoms with Crippen molar-refractivity contribution in [1.29, 1.82) is 0 Å². The molecule has 0 unspecified atom stereocenters. The summed E-state index contributed by atoms with van der Waals surface area (Å²) in [5.74, 6) is -0.166. The van der Waals surface area contributed by atoms with Crippen molar-refractivity contribution in [2.24, 2.45) is 7.05 Å². The fourth-order valence-electron chi connectivity index (χ4n) is 1.49. The van der Waals surface area contributed by atoms with Crippen LogP contribution < -0.4 is 5.73 Å². The van der Waals surface area contributed by atoms with Gasteiger partial charge in [-0.2, -0.15) is 0 Å². The first kappa shape index (κ1) is 10.3. The number of anilines is 1. The van der Waals surface area contributed by atoms with Gasteiger partial charge in [-0.1, -0.05) is 5.16 Å². The van der Waals surface area contributed by atoms with Gasteiger partial charge < -0.3 is 19.6 Å². The van der Waals surface area contributed by atoms with Crippen molar-refractivity contribution in [3.63, 3.8) is 0 Å². The van der Waals surface area contributed by atoms with E-state index in [1.165, 1.54) is 7.11 Å². The monoisotopic (exact) mass is 221 g/mol. The highest BCUT2D eigenvalue weighted by atomic mass is 16.5. The molecule has 0 saturated carbocycles.